The average molecular weight is 340 g/mol. The number of hydrogen-bond acceptors (Lipinski definition) is 3. The highest BCUT2D eigenvalue weighted by Gasteiger charge is 2.14. The highest BCUT2D eigenvalue weighted by Crippen LogP contribution is 2.28. The van der Waals surface area contributed by atoms with Gasteiger partial charge in [-0.15, -0.1) is 0 Å². The first kappa shape index (κ1) is 14.6. The van der Waals surface area contributed by atoms with E-state index in [0.29, 0.717) is 6.04 Å². The lowest BCUT2D eigenvalue weighted by atomic mass is 10.0. The second-order valence-corrected chi connectivity index (χ2v) is 6.02. The molecule has 0 radical (unpaired) electrons. The molecule has 2 aromatic rings. The van der Waals surface area contributed by atoms with Crippen LogP contribution in [0.25, 0.3) is 0 Å². The topological polar surface area (TPSA) is 21.3 Å². The molecule has 0 saturated carbocycles. The zero-order chi connectivity index (χ0) is 13.7. The molecule has 19 heavy (non-hydrogen) atoms. The predicted molar refractivity (Wildman–Crippen MR) is 85.1 cm³/mol. The summed E-state index contributed by atoms with van der Waals surface area (Å²) < 4.78 is 6.54. The standard InChI is InChI=1S/C15H18BrNOS/c1-3-17-14(11-6-7-19-10-11)9-12-8-13(16)4-5-15(12)18-2/h4-8,10,14,17H,3,9H2,1-2H3. The van der Waals surface area contributed by atoms with Gasteiger partial charge >= 0.3 is 0 Å². The second kappa shape index (κ2) is 7.08. The van der Waals surface area contributed by atoms with Gasteiger partial charge in [-0.2, -0.15) is 11.3 Å². The first-order chi connectivity index (χ1) is 9.24. The average Bonchev–Trinajstić information content (AvgIpc) is 2.92. The van der Waals surface area contributed by atoms with Crippen LogP contribution in [0, 0.1) is 0 Å². The van der Waals surface area contributed by atoms with Crippen LogP contribution in [0.3, 0.4) is 0 Å². The molecule has 1 atom stereocenters. The fourth-order valence-electron chi connectivity index (χ4n) is 2.15. The van der Waals surface area contributed by atoms with Crippen molar-refractivity contribution in [3.8, 4) is 5.75 Å². The highest BCUT2D eigenvalue weighted by atomic mass is 79.9. The maximum absolute atomic E-state index is 5.45. The summed E-state index contributed by atoms with van der Waals surface area (Å²) in [7, 11) is 1.72. The van der Waals surface area contributed by atoms with Crippen LogP contribution < -0.4 is 10.1 Å². The molecule has 1 unspecified atom stereocenters. The zero-order valence-corrected chi connectivity index (χ0v) is 13.6. The van der Waals surface area contributed by atoms with E-state index in [1.807, 2.05) is 12.1 Å². The number of thiophene rings is 1. The van der Waals surface area contributed by atoms with Gasteiger partial charge in [-0.05, 0) is 59.1 Å². The SMILES string of the molecule is CCNC(Cc1cc(Br)ccc1OC)c1ccsc1. The molecule has 102 valence electrons. The lowest BCUT2D eigenvalue weighted by molar-refractivity contribution is 0.405. The van der Waals surface area contributed by atoms with Crippen molar-refractivity contribution in [3.63, 3.8) is 0 Å². The molecular formula is C15H18BrNOS. The van der Waals surface area contributed by atoms with E-state index in [-0.39, 0.29) is 0 Å². The minimum atomic E-state index is 0.333. The Balaban J connectivity index is 2.24. The number of benzene rings is 1. The normalized spacial score (nSPS) is 12.4. The van der Waals surface area contributed by atoms with Crippen molar-refractivity contribution in [1.82, 2.24) is 5.32 Å². The van der Waals surface area contributed by atoms with Crippen molar-refractivity contribution >= 4 is 27.3 Å². The molecule has 0 aliphatic carbocycles. The Morgan fingerprint density at radius 1 is 1.37 bits per heavy atom. The van der Waals surface area contributed by atoms with Crippen molar-refractivity contribution in [1.29, 1.82) is 0 Å². The second-order valence-electron chi connectivity index (χ2n) is 4.33. The van der Waals surface area contributed by atoms with Gasteiger partial charge in [0, 0.05) is 10.5 Å². The maximum atomic E-state index is 5.45. The smallest absolute Gasteiger partial charge is 0.122 e. The number of likely N-dealkylation sites (N-methyl/N-ethyl adjacent to an activating group) is 1. The van der Waals surface area contributed by atoms with E-state index in [9.17, 15) is 0 Å². The van der Waals surface area contributed by atoms with Crippen LogP contribution in [0.4, 0.5) is 0 Å². The van der Waals surface area contributed by atoms with E-state index in [1.165, 1.54) is 11.1 Å². The first-order valence-electron chi connectivity index (χ1n) is 6.32. The van der Waals surface area contributed by atoms with Gasteiger partial charge in [-0.3, -0.25) is 0 Å². The van der Waals surface area contributed by atoms with Crippen LogP contribution in [-0.4, -0.2) is 13.7 Å². The van der Waals surface area contributed by atoms with Crippen LogP contribution >= 0.6 is 27.3 Å². The van der Waals surface area contributed by atoms with Crippen LogP contribution in [0.2, 0.25) is 0 Å². The predicted octanol–water partition coefficient (Wildman–Crippen LogP) is 4.41. The summed E-state index contributed by atoms with van der Waals surface area (Å²) in [5, 5.41) is 7.87. The van der Waals surface area contributed by atoms with Crippen LogP contribution in [0.1, 0.15) is 24.1 Å². The maximum Gasteiger partial charge on any atom is 0.122 e. The Morgan fingerprint density at radius 3 is 2.84 bits per heavy atom. The van der Waals surface area contributed by atoms with E-state index in [0.717, 1.165) is 23.2 Å². The molecule has 2 nitrogen and oxygen atoms in total. The van der Waals surface area contributed by atoms with Gasteiger partial charge in [0.05, 0.1) is 7.11 Å². The molecule has 1 N–H and O–H groups in total. The van der Waals surface area contributed by atoms with E-state index >= 15 is 0 Å². The summed E-state index contributed by atoms with van der Waals surface area (Å²) in [6.07, 6.45) is 0.924. The lowest BCUT2D eigenvalue weighted by Crippen LogP contribution is -2.22. The van der Waals surface area contributed by atoms with Gasteiger partial charge in [0.15, 0.2) is 0 Å². The van der Waals surface area contributed by atoms with E-state index in [1.54, 1.807) is 18.4 Å². The minimum Gasteiger partial charge on any atom is -0.496 e. The molecular weight excluding hydrogens is 322 g/mol. The molecule has 2 rings (SSSR count). The number of rotatable bonds is 6. The van der Waals surface area contributed by atoms with Crippen LogP contribution in [-0.2, 0) is 6.42 Å². The van der Waals surface area contributed by atoms with E-state index in [2.05, 4.69) is 51.1 Å². The Hall–Kier alpha value is -0.840. The molecule has 4 heteroatoms. The number of ether oxygens (including phenoxy) is 1. The molecule has 1 heterocycles. The Kier molecular flexibility index (Phi) is 5.43. The molecule has 0 fully saturated rings. The molecule has 0 saturated heterocycles. The zero-order valence-electron chi connectivity index (χ0n) is 11.2. The molecule has 0 amide bonds. The van der Waals surface area contributed by atoms with E-state index < -0.39 is 0 Å². The molecule has 1 aromatic carbocycles. The third kappa shape index (κ3) is 3.81. The van der Waals surface area contributed by atoms with Crippen molar-refractivity contribution in [3.05, 3.63) is 50.6 Å². The molecule has 0 aliphatic heterocycles. The van der Waals surface area contributed by atoms with Gasteiger partial charge in [-0.25, -0.2) is 0 Å². The highest BCUT2D eigenvalue weighted by molar-refractivity contribution is 9.10. The Labute approximate surface area is 126 Å². The van der Waals surface area contributed by atoms with Gasteiger partial charge in [0.25, 0.3) is 0 Å². The third-order valence-corrected chi connectivity index (χ3v) is 4.26. The van der Waals surface area contributed by atoms with Crippen molar-refractivity contribution in [2.75, 3.05) is 13.7 Å². The summed E-state index contributed by atoms with van der Waals surface area (Å²) in [6, 6.07) is 8.67. The van der Waals surface area contributed by atoms with Crippen molar-refractivity contribution < 1.29 is 4.74 Å². The first-order valence-corrected chi connectivity index (χ1v) is 8.06. The fourth-order valence-corrected chi connectivity index (χ4v) is 3.28. The molecule has 1 aromatic heterocycles. The van der Waals surface area contributed by atoms with Gasteiger partial charge < -0.3 is 10.1 Å². The lowest BCUT2D eigenvalue weighted by Gasteiger charge is -2.18. The summed E-state index contributed by atoms with van der Waals surface area (Å²) in [4.78, 5) is 0. The van der Waals surface area contributed by atoms with Crippen molar-refractivity contribution in [2.45, 2.75) is 19.4 Å². The molecule has 0 spiro atoms. The van der Waals surface area contributed by atoms with Crippen molar-refractivity contribution in [2.24, 2.45) is 0 Å². The molecule has 0 bridgehead atoms. The summed E-state index contributed by atoms with van der Waals surface area (Å²) in [5.41, 5.74) is 2.56. The van der Waals surface area contributed by atoms with Crippen LogP contribution in [0.15, 0.2) is 39.5 Å². The number of hydrogen-bond donors (Lipinski definition) is 1. The monoisotopic (exact) mass is 339 g/mol. The summed E-state index contributed by atoms with van der Waals surface area (Å²) in [5.74, 6) is 0.946. The molecule has 0 aliphatic rings. The van der Waals surface area contributed by atoms with E-state index in [4.69, 9.17) is 4.74 Å². The fraction of sp³-hybridized carbons (Fsp3) is 0.333. The Bertz CT molecular complexity index is 513. The van der Waals surface area contributed by atoms with Crippen LogP contribution in [0.5, 0.6) is 5.75 Å². The number of nitrogens with one attached hydrogen (secondary N) is 1. The largest absolute Gasteiger partial charge is 0.496 e. The Morgan fingerprint density at radius 2 is 2.21 bits per heavy atom. The van der Waals surface area contributed by atoms with Gasteiger partial charge in [-0.1, -0.05) is 22.9 Å². The van der Waals surface area contributed by atoms with Gasteiger partial charge in [0.1, 0.15) is 5.75 Å². The number of methoxy groups -OCH3 is 1. The quantitative estimate of drug-likeness (QED) is 0.841. The number of halogens is 1. The van der Waals surface area contributed by atoms with Gasteiger partial charge in [0.2, 0.25) is 0 Å². The third-order valence-electron chi connectivity index (χ3n) is 3.06. The summed E-state index contributed by atoms with van der Waals surface area (Å²) in [6.45, 7) is 3.09. The minimum absolute atomic E-state index is 0.333. The summed E-state index contributed by atoms with van der Waals surface area (Å²) >= 11 is 5.27.